The Morgan fingerprint density at radius 1 is 1.08 bits per heavy atom. The highest BCUT2D eigenvalue weighted by molar-refractivity contribution is 6.27. The second-order valence-corrected chi connectivity index (χ2v) is 4.54. The average molecular weight is 190 g/mol. The number of hydrogen-bond donors (Lipinski definition) is 2. The van der Waals surface area contributed by atoms with Crippen LogP contribution in [0.2, 0.25) is 6.04 Å². The maximum absolute atomic E-state index is 5.07. The highest BCUT2D eigenvalue weighted by Gasteiger charge is 1.87. The Morgan fingerprint density at radius 2 is 1.75 bits per heavy atom. The third kappa shape index (κ3) is 10.1. The molecule has 0 aliphatic rings. The van der Waals surface area contributed by atoms with Gasteiger partial charge in [-0.3, -0.25) is 0 Å². The minimum Gasteiger partial charge on any atom is -0.427 e. The van der Waals surface area contributed by atoms with Gasteiger partial charge in [0.25, 0.3) is 0 Å². The van der Waals surface area contributed by atoms with E-state index in [-0.39, 0.29) is 9.76 Å². The van der Waals surface area contributed by atoms with Gasteiger partial charge in [-0.05, 0) is 25.6 Å². The van der Waals surface area contributed by atoms with Gasteiger partial charge >= 0.3 is 0 Å². The highest BCUT2D eigenvalue weighted by atomic mass is 28.2. The van der Waals surface area contributed by atoms with Crippen molar-refractivity contribution >= 4 is 9.76 Å². The molecule has 0 heterocycles. The molecule has 3 nitrogen and oxygen atoms in total. The van der Waals surface area contributed by atoms with Crippen molar-refractivity contribution in [3.63, 3.8) is 0 Å². The van der Waals surface area contributed by atoms with E-state index in [0.717, 1.165) is 26.2 Å². The van der Waals surface area contributed by atoms with Crippen LogP contribution in [0.5, 0.6) is 0 Å². The van der Waals surface area contributed by atoms with E-state index in [9.17, 15) is 0 Å². The molecule has 0 unspecified atom stereocenters. The van der Waals surface area contributed by atoms with Crippen molar-refractivity contribution in [3.05, 3.63) is 0 Å². The van der Waals surface area contributed by atoms with Gasteiger partial charge in [-0.15, -0.1) is 0 Å². The Kier molecular flexibility index (Phi) is 11.2. The third-order valence-corrected chi connectivity index (χ3v) is 2.66. The van der Waals surface area contributed by atoms with Crippen LogP contribution in [0, 0.1) is 0 Å². The van der Waals surface area contributed by atoms with Crippen molar-refractivity contribution in [2.75, 3.05) is 33.3 Å². The van der Waals surface area contributed by atoms with Gasteiger partial charge in [0, 0.05) is 20.2 Å². The molecule has 0 aliphatic heterocycles. The molecule has 0 fully saturated rings. The molecule has 0 rings (SSSR count). The zero-order chi connectivity index (χ0) is 9.07. The minimum atomic E-state index is -0.205. The normalized spacial score (nSPS) is 11.5. The molecule has 0 amide bonds. The molecule has 2 N–H and O–H groups in total. The predicted molar refractivity (Wildman–Crippen MR) is 56.4 cm³/mol. The molecule has 0 aliphatic carbocycles. The summed E-state index contributed by atoms with van der Waals surface area (Å²) in [7, 11) is 1.60. The van der Waals surface area contributed by atoms with Crippen LogP contribution < -0.4 is 10.6 Å². The van der Waals surface area contributed by atoms with Gasteiger partial charge in [-0.1, -0.05) is 6.92 Å². The van der Waals surface area contributed by atoms with E-state index in [1.54, 1.807) is 7.11 Å². The van der Waals surface area contributed by atoms with Gasteiger partial charge in [0.1, 0.15) is 0 Å². The number of nitrogens with one attached hydrogen (secondary N) is 2. The van der Waals surface area contributed by atoms with Gasteiger partial charge in [-0.2, -0.15) is 0 Å². The van der Waals surface area contributed by atoms with Crippen LogP contribution in [0.15, 0.2) is 0 Å². The van der Waals surface area contributed by atoms with Crippen LogP contribution in [0.4, 0.5) is 0 Å². The predicted octanol–water partition coefficient (Wildman–Crippen LogP) is -0.276. The van der Waals surface area contributed by atoms with Crippen LogP contribution in [-0.4, -0.2) is 43.1 Å². The van der Waals surface area contributed by atoms with E-state index >= 15 is 0 Å². The van der Waals surface area contributed by atoms with Gasteiger partial charge in [0.15, 0.2) is 9.76 Å². The standard InChI is InChI=1S/C8H22N2OSi/c1-3-4-9-5-6-10-7-8-12-11-2/h9-10H,3-8,12H2,1-2H3. The SMILES string of the molecule is CCCNCCNCC[SiH2]OC. The Morgan fingerprint density at radius 3 is 2.33 bits per heavy atom. The molecule has 0 aromatic rings. The quantitative estimate of drug-likeness (QED) is 0.388. The lowest BCUT2D eigenvalue weighted by atomic mass is 10.5. The summed E-state index contributed by atoms with van der Waals surface area (Å²) in [5, 5.41) is 6.71. The molecule has 0 atom stereocenters. The van der Waals surface area contributed by atoms with Crippen LogP contribution in [-0.2, 0) is 4.43 Å². The first-order chi connectivity index (χ1) is 5.91. The maximum atomic E-state index is 5.07. The summed E-state index contributed by atoms with van der Waals surface area (Å²) in [5.74, 6) is 0. The Balaban J connectivity index is 2.73. The first kappa shape index (κ1) is 12.1. The fraction of sp³-hybridized carbons (Fsp3) is 1.00. The van der Waals surface area contributed by atoms with Crippen molar-refractivity contribution < 1.29 is 4.43 Å². The molecule has 0 radical (unpaired) electrons. The topological polar surface area (TPSA) is 33.3 Å². The van der Waals surface area contributed by atoms with Gasteiger partial charge in [0.05, 0.1) is 0 Å². The van der Waals surface area contributed by atoms with E-state index < -0.39 is 0 Å². The van der Waals surface area contributed by atoms with Crippen LogP contribution in [0.3, 0.4) is 0 Å². The van der Waals surface area contributed by atoms with Crippen LogP contribution >= 0.6 is 0 Å². The zero-order valence-electron chi connectivity index (χ0n) is 8.36. The monoisotopic (exact) mass is 190 g/mol. The zero-order valence-corrected chi connectivity index (χ0v) is 9.77. The Bertz CT molecular complexity index is 73.5. The van der Waals surface area contributed by atoms with E-state index in [1.807, 2.05) is 0 Å². The molecule has 0 saturated carbocycles. The smallest absolute Gasteiger partial charge is 0.162 e. The van der Waals surface area contributed by atoms with E-state index in [4.69, 9.17) is 4.43 Å². The number of hydrogen-bond acceptors (Lipinski definition) is 3. The first-order valence-electron chi connectivity index (χ1n) is 4.82. The van der Waals surface area contributed by atoms with E-state index in [2.05, 4.69) is 17.6 Å². The summed E-state index contributed by atoms with van der Waals surface area (Å²) in [6.07, 6.45) is 1.22. The maximum Gasteiger partial charge on any atom is 0.162 e. The minimum absolute atomic E-state index is 0.205. The summed E-state index contributed by atoms with van der Waals surface area (Å²) >= 11 is 0. The van der Waals surface area contributed by atoms with Crippen molar-refractivity contribution in [1.29, 1.82) is 0 Å². The fourth-order valence-electron chi connectivity index (χ4n) is 0.945. The van der Waals surface area contributed by atoms with Crippen molar-refractivity contribution in [1.82, 2.24) is 10.6 Å². The lowest BCUT2D eigenvalue weighted by Crippen LogP contribution is -2.28. The van der Waals surface area contributed by atoms with Crippen molar-refractivity contribution in [2.45, 2.75) is 19.4 Å². The third-order valence-electron chi connectivity index (χ3n) is 1.61. The molecule has 0 aromatic carbocycles. The average Bonchev–Trinajstić information content (AvgIpc) is 2.10. The Hall–Kier alpha value is 0.0969. The second-order valence-electron chi connectivity index (χ2n) is 2.85. The fourth-order valence-corrected chi connectivity index (χ4v) is 1.63. The molecule has 12 heavy (non-hydrogen) atoms. The second kappa shape index (κ2) is 11.1. The summed E-state index contributed by atoms with van der Waals surface area (Å²) in [6, 6.07) is 1.24. The molecular weight excluding hydrogens is 168 g/mol. The summed E-state index contributed by atoms with van der Waals surface area (Å²) in [4.78, 5) is 0. The molecule has 4 heteroatoms. The molecule has 74 valence electrons. The highest BCUT2D eigenvalue weighted by Crippen LogP contribution is 1.74. The van der Waals surface area contributed by atoms with Gasteiger partial charge in [-0.25, -0.2) is 0 Å². The lowest BCUT2D eigenvalue weighted by Gasteiger charge is -2.04. The van der Waals surface area contributed by atoms with Crippen molar-refractivity contribution in [3.8, 4) is 0 Å². The summed E-state index contributed by atoms with van der Waals surface area (Å²) < 4.78 is 5.07. The molecule has 0 saturated heterocycles. The van der Waals surface area contributed by atoms with Crippen LogP contribution in [0.1, 0.15) is 13.3 Å². The van der Waals surface area contributed by atoms with Gasteiger partial charge < -0.3 is 15.1 Å². The molecule has 0 bridgehead atoms. The molecular formula is C8H22N2OSi. The van der Waals surface area contributed by atoms with Gasteiger partial charge in [0.2, 0.25) is 0 Å². The van der Waals surface area contributed by atoms with Crippen molar-refractivity contribution in [2.24, 2.45) is 0 Å². The largest absolute Gasteiger partial charge is 0.427 e. The van der Waals surface area contributed by atoms with E-state index in [1.165, 1.54) is 12.5 Å². The lowest BCUT2D eigenvalue weighted by molar-refractivity contribution is 0.439. The Labute approximate surface area is 78.2 Å². The first-order valence-corrected chi connectivity index (χ1v) is 6.40. The molecule has 0 spiro atoms. The summed E-state index contributed by atoms with van der Waals surface area (Å²) in [6.45, 7) is 6.60. The number of rotatable bonds is 9. The molecule has 0 aromatic heterocycles. The van der Waals surface area contributed by atoms with Crippen LogP contribution in [0.25, 0.3) is 0 Å². The van der Waals surface area contributed by atoms with E-state index in [0.29, 0.717) is 0 Å². The summed E-state index contributed by atoms with van der Waals surface area (Å²) in [5.41, 5.74) is 0.